The van der Waals surface area contributed by atoms with Crippen molar-refractivity contribution < 1.29 is 0 Å². The molecule has 0 spiro atoms. The predicted octanol–water partition coefficient (Wildman–Crippen LogP) is 2.59. The summed E-state index contributed by atoms with van der Waals surface area (Å²) in [5.74, 6) is 1.15. The van der Waals surface area contributed by atoms with Gasteiger partial charge in [0.2, 0.25) is 0 Å². The molecule has 1 unspecified atom stereocenters. The molecular weight excluding hydrogens is 222 g/mol. The normalized spacial score (nSPS) is 25.6. The van der Waals surface area contributed by atoms with Gasteiger partial charge in [0, 0.05) is 18.2 Å². The summed E-state index contributed by atoms with van der Waals surface area (Å²) in [6, 6.07) is 9.11. The Balaban J connectivity index is 1.61. The molecule has 1 aromatic rings. The molecule has 0 aliphatic carbocycles. The van der Waals surface area contributed by atoms with Crippen molar-refractivity contribution in [3.8, 4) is 0 Å². The number of anilines is 1. The van der Waals surface area contributed by atoms with Crippen molar-refractivity contribution in [3.05, 3.63) is 29.8 Å². The van der Waals surface area contributed by atoms with Gasteiger partial charge in [0.25, 0.3) is 0 Å². The Morgan fingerprint density at radius 3 is 3.00 bits per heavy atom. The fourth-order valence-corrected chi connectivity index (χ4v) is 2.75. The number of nitrogens with zero attached hydrogens (tertiary/aromatic N) is 1. The maximum atomic E-state index is 4.75. The van der Waals surface area contributed by atoms with Gasteiger partial charge in [0.1, 0.15) is 5.84 Å². The molecule has 0 saturated carbocycles. The Kier molecular flexibility index (Phi) is 3.60. The molecule has 2 aliphatic heterocycles. The van der Waals surface area contributed by atoms with E-state index >= 15 is 0 Å². The zero-order valence-electron chi connectivity index (χ0n) is 10.8. The number of rotatable bonds is 2. The molecule has 1 saturated heterocycles. The third-order valence-corrected chi connectivity index (χ3v) is 3.84. The Morgan fingerprint density at radius 1 is 1.17 bits per heavy atom. The summed E-state index contributed by atoms with van der Waals surface area (Å²) in [6.07, 6.45) is 6.09. The smallest absolute Gasteiger partial charge is 0.101 e. The van der Waals surface area contributed by atoms with Gasteiger partial charge in [-0.25, -0.2) is 0 Å². The van der Waals surface area contributed by atoms with Gasteiger partial charge in [0.15, 0.2) is 0 Å². The van der Waals surface area contributed by atoms with Crippen molar-refractivity contribution in [1.82, 2.24) is 5.32 Å². The van der Waals surface area contributed by atoms with Gasteiger partial charge in [-0.3, -0.25) is 4.99 Å². The lowest BCUT2D eigenvalue weighted by molar-refractivity contribution is 0.408. The monoisotopic (exact) mass is 243 g/mol. The van der Waals surface area contributed by atoms with Gasteiger partial charge in [-0.2, -0.15) is 0 Å². The SMILES string of the molecule is c1ccc2c(c1)CCC(=NCC1CCCCN1)N2. The van der Waals surface area contributed by atoms with Crippen molar-refractivity contribution in [2.24, 2.45) is 4.99 Å². The molecule has 0 bridgehead atoms. The highest BCUT2D eigenvalue weighted by atomic mass is 15.0. The van der Waals surface area contributed by atoms with Crippen LogP contribution >= 0.6 is 0 Å². The molecule has 2 N–H and O–H groups in total. The summed E-state index contributed by atoms with van der Waals surface area (Å²) >= 11 is 0. The van der Waals surface area contributed by atoms with Gasteiger partial charge >= 0.3 is 0 Å². The van der Waals surface area contributed by atoms with Gasteiger partial charge in [-0.1, -0.05) is 24.6 Å². The van der Waals surface area contributed by atoms with E-state index in [-0.39, 0.29) is 0 Å². The highest BCUT2D eigenvalue weighted by Gasteiger charge is 2.14. The van der Waals surface area contributed by atoms with Crippen LogP contribution in [0.25, 0.3) is 0 Å². The minimum Gasteiger partial charge on any atom is -0.344 e. The van der Waals surface area contributed by atoms with E-state index in [0.717, 1.165) is 31.8 Å². The number of hydrogen-bond acceptors (Lipinski definition) is 2. The van der Waals surface area contributed by atoms with Gasteiger partial charge < -0.3 is 10.6 Å². The quantitative estimate of drug-likeness (QED) is 0.837. The Morgan fingerprint density at radius 2 is 2.11 bits per heavy atom. The molecule has 2 heterocycles. The second-order valence-corrected chi connectivity index (χ2v) is 5.22. The first kappa shape index (κ1) is 11.7. The molecule has 1 atom stereocenters. The van der Waals surface area contributed by atoms with Crippen LogP contribution < -0.4 is 10.6 Å². The average Bonchev–Trinajstić information content (AvgIpc) is 2.46. The van der Waals surface area contributed by atoms with Crippen molar-refractivity contribution in [1.29, 1.82) is 0 Å². The van der Waals surface area contributed by atoms with Crippen LogP contribution in [0.5, 0.6) is 0 Å². The summed E-state index contributed by atoms with van der Waals surface area (Å²) in [4.78, 5) is 4.75. The van der Waals surface area contributed by atoms with Crippen LogP contribution in [0, 0.1) is 0 Å². The molecule has 96 valence electrons. The largest absolute Gasteiger partial charge is 0.344 e. The summed E-state index contributed by atoms with van der Waals surface area (Å²) in [5, 5.41) is 7.00. The predicted molar refractivity (Wildman–Crippen MR) is 76.3 cm³/mol. The molecule has 1 aromatic carbocycles. The summed E-state index contributed by atoms with van der Waals surface area (Å²) in [6.45, 7) is 2.08. The minimum atomic E-state index is 0.588. The highest BCUT2D eigenvalue weighted by molar-refractivity contribution is 5.98. The van der Waals surface area contributed by atoms with Crippen LogP contribution in [0.1, 0.15) is 31.2 Å². The van der Waals surface area contributed by atoms with E-state index in [1.54, 1.807) is 0 Å². The van der Waals surface area contributed by atoms with Crippen molar-refractivity contribution in [2.45, 2.75) is 38.1 Å². The molecule has 3 nitrogen and oxygen atoms in total. The van der Waals surface area contributed by atoms with Crippen LogP contribution in [0.2, 0.25) is 0 Å². The third-order valence-electron chi connectivity index (χ3n) is 3.84. The number of aryl methyl sites for hydroxylation is 1. The van der Waals surface area contributed by atoms with E-state index in [9.17, 15) is 0 Å². The first-order chi connectivity index (χ1) is 8.92. The molecule has 18 heavy (non-hydrogen) atoms. The Hall–Kier alpha value is -1.35. The first-order valence-electron chi connectivity index (χ1n) is 7.03. The lowest BCUT2D eigenvalue weighted by Gasteiger charge is -2.23. The fourth-order valence-electron chi connectivity index (χ4n) is 2.75. The summed E-state index contributed by atoms with van der Waals surface area (Å²) < 4.78 is 0. The van der Waals surface area contributed by atoms with E-state index in [4.69, 9.17) is 4.99 Å². The van der Waals surface area contributed by atoms with Crippen LogP contribution in [-0.4, -0.2) is 25.0 Å². The van der Waals surface area contributed by atoms with Gasteiger partial charge in [-0.05, 0) is 37.4 Å². The van der Waals surface area contributed by atoms with Crippen molar-refractivity contribution >= 4 is 11.5 Å². The number of nitrogens with one attached hydrogen (secondary N) is 2. The van der Waals surface area contributed by atoms with Crippen LogP contribution in [0.3, 0.4) is 0 Å². The number of benzene rings is 1. The third kappa shape index (κ3) is 2.72. The fraction of sp³-hybridized carbons (Fsp3) is 0.533. The number of para-hydroxylation sites is 1. The van der Waals surface area contributed by atoms with E-state index in [2.05, 4.69) is 34.9 Å². The highest BCUT2D eigenvalue weighted by Crippen LogP contribution is 2.22. The van der Waals surface area contributed by atoms with E-state index in [0.29, 0.717) is 6.04 Å². The lowest BCUT2D eigenvalue weighted by atomic mass is 10.0. The average molecular weight is 243 g/mol. The molecule has 3 heteroatoms. The van der Waals surface area contributed by atoms with Crippen molar-refractivity contribution in [3.63, 3.8) is 0 Å². The van der Waals surface area contributed by atoms with Crippen molar-refractivity contribution in [2.75, 3.05) is 18.4 Å². The summed E-state index contributed by atoms with van der Waals surface area (Å²) in [7, 11) is 0. The Labute approximate surface area is 109 Å². The first-order valence-corrected chi connectivity index (χ1v) is 7.03. The molecular formula is C15H21N3. The molecule has 0 radical (unpaired) electrons. The van der Waals surface area contributed by atoms with Crippen LogP contribution in [0.4, 0.5) is 5.69 Å². The van der Waals surface area contributed by atoms with Gasteiger partial charge in [0.05, 0.1) is 6.54 Å². The van der Waals surface area contributed by atoms with Gasteiger partial charge in [-0.15, -0.1) is 0 Å². The minimum absolute atomic E-state index is 0.588. The molecule has 2 aliphatic rings. The standard InChI is InChI=1S/C15H21N3/c1-2-7-14-12(5-1)8-9-15(18-14)17-11-13-6-3-4-10-16-13/h1-2,5,7,13,16H,3-4,6,8-11H2,(H,17,18). The number of aliphatic imine (C=N–C) groups is 1. The zero-order chi connectivity index (χ0) is 12.2. The van der Waals surface area contributed by atoms with E-state index in [1.807, 2.05) is 0 Å². The molecule has 0 amide bonds. The van der Waals surface area contributed by atoms with Crippen LogP contribution in [-0.2, 0) is 6.42 Å². The van der Waals surface area contributed by atoms with E-state index in [1.165, 1.54) is 30.5 Å². The zero-order valence-corrected chi connectivity index (χ0v) is 10.8. The Bertz CT molecular complexity index is 433. The van der Waals surface area contributed by atoms with Crippen LogP contribution in [0.15, 0.2) is 29.3 Å². The molecule has 1 fully saturated rings. The second-order valence-electron chi connectivity index (χ2n) is 5.22. The molecule has 0 aromatic heterocycles. The summed E-state index contributed by atoms with van der Waals surface area (Å²) in [5.41, 5.74) is 2.64. The lowest BCUT2D eigenvalue weighted by Crippen LogP contribution is -2.36. The maximum absolute atomic E-state index is 4.75. The maximum Gasteiger partial charge on any atom is 0.101 e. The number of piperidine rings is 1. The van der Waals surface area contributed by atoms with E-state index < -0.39 is 0 Å². The number of amidine groups is 1. The topological polar surface area (TPSA) is 36.4 Å². The molecule has 3 rings (SSSR count). The second kappa shape index (κ2) is 5.53. The number of hydrogen-bond donors (Lipinski definition) is 2. The number of fused-ring (bicyclic) bond motifs is 1.